The molecule has 6 nitrogen and oxygen atoms in total. The van der Waals surface area contributed by atoms with Crippen molar-refractivity contribution in [1.29, 1.82) is 0 Å². The third-order valence-electron chi connectivity index (χ3n) is 5.30. The number of aliphatic imine (C=N–C) groups is 1. The Hall–Kier alpha value is -1.03. The van der Waals surface area contributed by atoms with Crippen LogP contribution in [0.15, 0.2) is 4.99 Å². The summed E-state index contributed by atoms with van der Waals surface area (Å²) in [5.74, 6) is -0.455. The van der Waals surface area contributed by atoms with Gasteiger partial charge < -0.3 is 10.6 Å². The van der Waals surface area contributed by atoms with Crippen molar-refractivity contribution in [1.82, 2.24) is 14.9 Å². The number of nitrogens with one attached hydrogen (secondary N) is 2. The van der Waals surface area contributed by atoms with Gasteiger partial charge in [0.05, 0.1) is 12.2 Å². The first kappa shape index (κ1) is 21.3. The van der Waals surface area contributed by atoms with E-state index in [1.807, 2.05) is 0 Å². The van der Waals surface area contributed by atoms with Gasteiger partial charge in [0.2, 0.25) is 10.0 Å². The minimum atomic E-state index is -4.10. The van der Waals surface area contributed by atoms with Gasteiger partial charge in [-0.25, -0.2) is 12.7 Å². The molecule has 10 heteroatoms. The minimum absolute atomic E-state index is 0.0128. The van der Waals surface area contributed by atoms with Crippen LogP contribution in [0, 0.1) is 17.8 Å². The monoisotopic (exact) mass is 398 g/mol. The summed E-state index contributed by atoms with van der Waals surface area (Å²) in [4.78, 5) is 4.11. The molecule has 26 heavy (non-hydrogen) atoms. The molecular weight excluding hydrogens is 369 g/mol. The van der Waals surface area contributed by atoms with Crippen molar-refractivity contribution >= 4 is 16.0 Å². The highest BCUT2D eigenvalue weighted by atomic mass is 32.2. The molecule has 2 fully saturated rings. The first-order valence-corrected chi connectivity index (χ1v) is 10.9. The Morgan fingerprint density at radius 1 is 1.15 bits per heavy atom. The molecule has 0 bridgehead atoms. The third kappa shape index (κ3) is 6.29. The van der Waals surface area contributed by atoms with Gasteiger partial charge in [-0.15, -0.1) is 0 Å². The van der Waals surface area contributed by atoms with Gasteiger partial charge in [0.25, 0.3) is 0 Å². The Morgan fingerprint density at radius 3 is 2.35 bits per heavy atom. The average Bonchev–Trinajstić information content (AvgIpc) is 3.04. The molecule has 3 atom stereocenters. The van der Waals surface area contributed by atoms with Crippen molar-refractivity contribution in [2.24, 2.45) is 22.7 Å². The molecule has 3 unspecified atom stereocenters. The van der Waals surface area contributed by atoms with Gasteiger partial charge in [-0.2, -0.15) is 13.2 Å². The fourth-order valence-corrected chi connectivity index (χ4v) is 4.66. The Kier molecular flexibility index (Phi) is 7.18. The van der Waals surface area contributed by atoms with Gasteiger partial charge in [-0.3, -0.25) is 4.99 Å². The summed E-state index contributed by atoms with van der Waals surface area (Å²) >= 11 is 0. The van der Waals surface area contributed by atoms with Gasteiger partial charge in [0.15, 0.2) is 5.96 Å². The van der Waals surface area contributed by atoms with E-state index < -0.39 is 22.1 Å². The average molecular weight is 398 g/mol. The van der Waals surface area contributed by atoms with Crippen molar-refractivity contribution < 1.29 is 21.6 Å². The van der Waals surface area contributed by atoms with Crippen molar-refractivity contribution in [3.8, 4) is 0 Å². The zero-order chi connectivity index (χ0) is 19.4. The zero-order valence-corrected chi connectivity index (χ0v) is 16.2. The zero-order valence-electron chi connectivity index (χ0n) is 15.3. The molecule has 152 valence electrons. The van der Waals surface area contributed by atoms with Crippen LogP contribution in [0.1, 0.15) is 32.1 Å². The lowest BCUT2D eigenvalue weighted by atomic mass is 9.81. The first-order valence-electron chi connectivity index (χ1n) is 9.06. The summed E-state index contributed by atoms with van der Waals surface area (Å²) in [6.07, 6.45) is -0.319. The number of nitrogens with zero attached hydrogens (tertiary/aromatic N) is 2. The lowest BCUT2D eigenvalue weighted by molar-refractivity contribution is -0.185. The highest BCUT2D eigenvalue weighted by Gasteiger charge is 2.42. The number of hydrogen-bond donors (Lipinski definition) is 2. The number of hydrogen-bond acceptors (Lipinski definition) is 3. The van der Waals surface area contributed by atoms with Crippen molar-refractivity contribution in [3.05, 3.63) is 0 Å². The van der Waals surface area contributed by atoms with Crippen molar-refractivity contribution in [2.75, 3.05) is 39.5 Å². The lowest BCUT2D eigenvalue weighted by Crippen LogP contribution is -2.43. The van der Waals surface area contributed by atoms with E-state index in [0.717, 1.165) is 12.8 Å². The van der Waals surface area contributed by atoms with Crippen LogP contribution >= 0.6 is 0 Å². The number of rotatable bonds is 5. The maximum Gasteiger partial charge on any atom is 0.391 e. The van der Waals surface area contributed by atoms with E-state index in [-0.39, 0.29) is 24.7 Å². The summed E-state index contributed by atoms with van der Waals surface area (Å²) in [6.45, 7) is 2.06. The van der Waals surface area contributed by atoms with E-state index in [0.29, 0.717) is 38.6 Å². The number of guanidine groups is 1. The molecule has 0 aromatic rings. The second kappa shape index (κ2) is 8.77. The Labute approximate surface area is 153 Å². The normalized spacial score (nSPS) is 29.0. The van der Waals surface area contributed by atoms with Gasteiger partial charge >= 0.3 is 6.18 Å². The molecule has 1 aliphatic carbocycles. The second-order valence-electron chi connectivity index (χ2n) is 7.38. The van der Waals surface area contributed by atoms with Crippen LogP contribution in [0.25, 0.3) is 0 Å². The van der Waals surface area contributed by atoms with Crippen LogP contribution in [-0.2, 0) is 10.0 Å². The standard InChI is InChI=1S/C16H29F3N4O2S/c1-20-15(22-10-13-6-7-23(11-13)26(2,24)25)21-9-12-4-3-5-14(8-12)16(17,18)19/h12-14H,3-11H2,1-2H3,(H2,20,21,22). The van der Waals surface area contributed by atoms with E-state index in [4.69, 9.17) is 0 Å². The fourth-order valence-electron chi connectivity index (χ4n) is 3.74. The van der Waals surface area contributed by atoms with Crippen LogP contribution in [0.2, 0.25) is 0 Å². The SMILES string of the molecule is CN=C(NCC1CCCC(C(F)(F)F)C1)NCC1CCN(S(C)(=O)=O)C1. The predicted molar refractivity (Wildman–Crippen MR) is 95.4 cm³/mol. The van der Waals surface area contributed by atoms with Crippen LogP contribution < -0.4 is 10.6 Å². The summed E-state index contributed by atoms with van der Waals surface area (Å²) in [7, 11) is -1.54. The van der Waals surface area contributed by atoms with Gasteiger partial charge in [-0.1, -0.05) is 6.42 Å². The summed E-state index contributed by atoms with van der Waals surface area (Å²) < 4.78 is 63.2. The number of alkyl halides is 3. The van der Waals surface area contributed by atoms with Crippen LogP contribution in [0.5, 0.6) is 0 Å². The molecule has 2 N–H and O–H groups in total. The van der Waals surface area contributed by atoms with E-state index >= 15 is 0 Å². The molecule has 1 saturated heterocycles. The molecule has 0 amide bonds. The summed E-state index contributed by atoms with van der Waals surface area (Å²) in [5.41, 5.74) is 0. The van der Waals surface area contributed by atoms with Crippen LogP contribution in [-0.4, -0.2) is 64.3 Å². The molecular formula is C16H29F3N4O2S. The lowest BCUT2D eigenvalue weighted by Gasteiger charge is -2.31. The van der Waals surface area contributed by atoms with E-state index in [1.165, 1.54) is 10.6 Å². The van der Waals surface area contributed by atoms with Crippen LogP contribution in [0.3, 0.4) is 0 Å². The maximum atomic E-state index is 12.9. The topological polar surface area (TPSA) is 73.8 Å². The van der Waals surface area contributed by atoms with Gasteiger partial charge in [0, 0.05) is 33.2 Å². The van der Waals surface area contributed by atoms with E-state index in [2.05, 4.69) is 15.6 Å². The predicted octanol–water partition coefficient (Wildman–Crippen LogP) is 1.80. The maximum absolute atomic E-state index is 12.9. The fraction of sp³-hybridized carbons (Fsp3) is 0.938. The molecule has 0 spiro atoms. The van der Waals surface area contributed by atoms with Crippen molar-refractivity contribution in [2.45, 2.75) is 38.3 Å². The quantitative estimate of drug-likeness (QED) is 0.547. The Morgan fingerprint density at radius 2 is 1.81 bits per heavy atom. The second-order valence-corrected chi connectivity index (χ2v) is 9.36. The number of halogens is 3. The van der Waals surface area contributed by atoms with Crippen LogP contribution in [0.4, 0.5) is 13.2 Å². The summed E-state index contributed by atoms with van der Waals surface area (Å²) in [6, 6.07) is 0. The minimum Gasteiger partial charge on any atom is -0.356 e. The Bertz CT molecular complexity index is 595. The molecule has 0 radical (unpaired) electrons. The molecule has 2 aliphatic rings. The molecule has 1 saturated carbocycles. The van der Waals surface area contributed by atoms with E-state index in [1.54, 1.807) is 7.05 Å². The Balaban J connectivity index is 1.73. The molecule has 1 aliphatic heterocycles. The molecule has 0 aromatic heterocycles. The molecule has 1 heterocycles. The number of sulfonamides is 1. The molecule has 0 aromatic carbocycles. The summed E-state index contributed by atoms with van der Waals surface area (Å²) in [5, 5.41) is 6.28. The van der Waals surface area contributed by atoms with Gasteiger partial charge in [-0.05, 0) is 37.5 Å². The van der Waals surface area contributed by atoms with Crippen molar-refractivity contribution in [3.63, 3.8) is 0 Å². The third-order valence-corrected chi connectivity index (χ3v) is 6.57. The first-order chi connectivity index (χ1) is 12.1. The van der Waals surface area contributed by atoms with Gasteiger partial charge in [0.1, 0.15) is 0 Å². The smallest absolute Gasteiger partial charge is 0.356 e. The highest BCUT2D eigenvalue weighted by Crippen LogP contribution is 2.39. The molecule has 2 rings (SSSR count). The highest BCUT2D eigenvalue weighted by molar-refractivity contribution is 7.88. The van der Waals surface area contributed by atoms with E-state index in [9.17, 15) is 21.6 Å². The largest absolute Gasteiger partial charge is 0.391 e.